The number of nitrogens with zero attached hydrogens (tertiary/aromatic N) is 3. The zero-order chi connectivity index (χ0) is 25.3. The molecular weight excluding hydrogens is 465 g/mol. The molecule has 1 atom stereocenters. The fourth-order valence-corrected chi connectivity index (χ4v) is 4.60. The first-order chi connectivity index (χ1) is 17.5. The summed E-state index contributed by atoms with van der Waals surface area (Å²) in [6.45, 7) is 4.60. The molecule has 192 valence electrons. The van der Waals surface area contributed by atoms with Gasteiger partial charge in [0.15, 0.2) is 6.61 Å². The lowest BCUT2D eigenvalue weighted by Gasteiger charge is -2.35. The largest absolute Gasteiger partial charge is 0.497 e. The molecule has 0 unspecified atom stereocenters. The lowest BCUT2D eigenvalue weighted by atomic mass is 9.78. The molecule has 8 nitrogen and oxygen atoms in total. The maximum absolute atomic E-state index is 13.5. The maximum atomic E-state index is 13.5. The number of piperidine rings is 1. The van der Waals surface area contributed by atoms with Gasteiger partial charge in [0.05, 0.1) is 26.7 Å². The van der Waals surface area contributed by atoms with Crippen molar-refractivity contribution in [2.45, 2.75) is 45.3 Å². The summed E-state index contributed by atoms with van der Waals surface area (Å²) in [6.07, 6.45) is 2.11. The molecule has 1 aliphatic heterocycles. The highest BCUT2D eigenvalue weighted by Crippen LogP contribution is 2.36. The van der Waals surface area contributed by atoms with Gasteiger partial charge in [-0.05, 0) is 86.7 Å². The number of hydrogen-bond acceptors (Lipinski definition) is 8. The number of ether oxygens (including phenoxy) is 3. The standard InChI is InChI=1S/C27H32FN3O5/c1-3-34-27(32)16-24(19-4-6-21(28)7-5-19)20-12-14-31(15-13-20)17-26-29-25(30-36-26)18-35-23-10-8-22(33-2)9-11-23/h4-11,20,24H,3,12-18H2,1-2H3/t24-/m0/s1. The Bertz CT molecular complexity index is 1100. The van der Waals surface area contributed by atoms with E-state index in [1.54, 1.807) is 26.2 Å². The fourth-order valence-electron chi connectivity index (χ4n) is 4.60. The summed E-state index contributed by atoms with van der Waals surface area (Å²) in [5.41, 5.74) is 0.973. The summed E-state index contributed by atoms with van der Waals surface area (Å²) in [6, 6.07) is 13.8. The first kappa shape index (κ1) is 25.6. The lowest BCUT2D eigenvalue weighted by Crippen LogP contribution is -2.35. The number of benzene rings is 2. The van der Waals surface area contributed by atoms with Gasteiger partial charge in [0, 0.05) is 0 Å². The smallest absolute Gasteiger partial charge is 0.306 e. The molecule has 2 aromatic carbocycles. The highest BCUT2D eigenvalue weighted by molar-refractivity contribution is 5.70. The zero-order valence-electron chi connectivity index (χ0n) is 20.7. The van der Waals surface area contributed by atoms with Gasteiger partial charge in [0.25, 0.3) is 0 Å². The van der Waals surface area contributed by atoms with Crippen molar-refractivity contribution in [2.75, 3.05) is 26.8 Å². The van der Waals surface area contributed by atoms with Crippen LogP contribution >= 0.6 is 0 Å². The van der Waals surface area contributed by atoms with Crippen LogP contribution in [-0.2, 0) is 22.7 Å². The van der Waals surface area contributed by atoms with E-state index in [1.807, 2.05) is 24.3 Å². The van der Waals surface area contributed by atoms with E-state index in [2.05, 4.69) is 15.0 Å². The summed E-state index contributed by atoms with van der Waals surface area (Å²) >= 11 is 0. The molecule has 1 fully saturated rings. The monoisotopic (exact) mass is 497 g/mol. The van der Waals surface area contributed by atoms with Crippen LogP contribution in [0.2, 0.25) is 0 Å². The van der Waals surface area contributed by atoms with Crippen molar-refractivity contribution in [1.29, 1.82) is 0 Å². The van der Waals surface area contributed by atoms with E-state index >= 15 is 0 Å². The summed E-state index contributed by atoms with van der Waals surface area (Å²) in [5, 5.41) is 4.03. The number of aromatic nitrogens is 2. The van der Waals surface area contributed by atoms with Gasteiger partial charge in [-0.2, -0.15) is 4.98 Å². The Morgan fingerprint density at radius 2 is 1.81 bits per heavy atom. The highest BCUT2D eigenvalue weighted by atomic mass is 19.1. The van der Waals surface area contributed by atoms with Crippen LogP contribution < -0.4 is 9.47 Å². The number of halogens is 1. The van der Waals surface area contributed by atoms with Gasteiger partial charge < -0.3 is 18.7 Å². The predicted molar refractivity (Wildman–Crippen MR) is 130 cm³/mol. The minimum atomic E-state index is -0.281. The predicted octanol–water partition coefficient (Wildman–Crippen LogP) is 4.75. The Morgan fingerprint density at radius 3 is 2.47 bits per heavy atom. The minimum absolute atomic E-state index is 0.00286. The molecule has 2 heterocycles. The van der Waals surface area contributed by atoms with Crippen LogP contribution in [0.3, 0.4) is 0 Å². The van der Waals surface area contributed by atoms with Crippen LogP contribution in [0.15, 0.2) is 53.1 Å². The van der Waals surface area contributed by atoms with Crippen molar-refractivity contribution in [1.82, 2.24) is 15.0 Å². The van der Waals surface area contributed by atoms with E-state index in [0.717, 1.165) is 37.2 Å². The Morgan fingerprint density at radius 1 is 1.11 bits per heavy atom. The Labute approximate surface area is 210 Å². The number of likely N-dealkylation sites (tertiary alicyclic amines) is 1. The second kappa shape index (κ2) is 12.5. The van der Waals surface area contributed by atoms with Crippen LogP contribution in [0.1, 0.15) is 49.4 Å². The molecule has 0 spiro atoms. The molecule has 0 aliphatic carbocycles. The molecule has 9 heteroatoms. The molecule has 0 radical (unpaired) electrons. The first-order valence-electron chi connectivity index (χ1n) is 12.3. The van der Waals surface area contributed by atoms with Crippen molar-refractivity contribution >= 4 is 5.97 Å². The van der Waals surface area contributed by atoms with Gasteiger partial charge in [-0.1, -0.05) is 17.3 Å². The molecule has 0 saturated carbocycles. The van der Waals surface area contributed by atoms with Crippen molar-refractivity contribution in [2.24, 2.45) is 5.92 Å². The highest BCUT2D eigenvalue weighted by Gasteiger charge is 2.30. The first-order valence-corrected chi connectivity index (χ1v) is 12.3. The average Bonchev–Trinajstić information content (AvgIpc) is 3.35. The normalized spacial score (nSPS) is 15.4. The lowest BCUT2D eigenvalue weighted by molar-refractivity contribution is -0.144. The molecule has 0 bridgehead atoms. The van der Waals surface area contributed by atoms with Gasteiger partial charge in [-0.25, -0.2) is 4.39 Å². The van der Waals surface area contributed by atoms with E-state index in [9.17, 15) is 9.18 Å². The number of esters is 1. The van der Waals surface area contributed by atoms with Crippen molar-refractivity contribution in [3.63, 3.8) is 0 Å². The molecule has 36 heavy (non-hydrogen) atoms. The van der Waals surface area contributed by atoms with Gasteiger partial charge >= 0.3 is 5.97 Å². The van der Waals surface area contributed by atoms with Gasteiger partial charge in [0.2, 0.25) is 11.7 Å². The third-order valence-corrected chi connectivity index (χ3v) is 6.49. The second-order valence-electron chi connectivity index (χ2n) is 8.85. The number of hydrogen-bond donors (Lipinski definition) is 0. The SMILES string of the molecule is CCOC(=O)C[C@@H](c1ccc(F)cc1)C1CCN(Cc2nc(COc3ccc(OC)cc3)no2)CC1. The quantitative estimate of drug-likeness (QED) is 0.351. The average molecular weight is 498 g/mol. The van der Waals surface area contributed by atoms with Gasteiger partial charge in [-0.3, -0.25) is 9.69 Å². The molecular formula is C27H32FN3O5. The van der Waals surface area contributed by atoms with Crippen LogP contribution in [0.25, 0.3) is 0 Å². The topological polar surface area (TPSA) is 86.9 Å². The molecule has 1 saturated heterocycles. The molecule has 0 amide bonds. The van der Waals surface area contributed by atoms with E-state index in [-0.39, 0.29) is 24.3 Å². The minimum Gasteiger partial charge on any atom is -0.497 e. The second-order valence-corrected chi connectivity index (χ2v) is 8.85. The van der Waals surface area contributed by atoms with Crippen LogP contribution in [-0.4, -0.2) is 47.8 Å². The third-order valence-electron chi connectivity index (χ3n) is 6.49. The van der Waals surface area contributed by atoms with Crippen molar-refractivity contribution in [3.05, 3.63) is 71.6 Å². The summed E-state index contributed by atoms with van der Waals surface area (Å²) in [5.74, 6) is 2.29. The summed E-state index contributed by atoms with van der Waals surface area (Å²) in [7, 11) is 1.62. The fraction of sp³-hybridized carbons (Fsp3) is 0.444. The van der Waals surface area contributed by atoms with Crippen LogP contribution in [0.4, 0.5) is 4.39 Å². The Balaban J connectivity index is 1.29. The number of rotatable bonds is 11. The van der Waals surface area contributed by atoms with Gasteiger partial charge in [-0.15, -0.1) is 0 Å². The van der Waals surface area contributed by atoms with E-state index < -0.39 is 0 Å². The molecule has 1 aromatic heterocycles. The Kier molecular flexibility index (Phi) is 8.89. The number of methoxy groups -OCH3 is 1. The summed E-state index contributed by atoms with van der Waals surface area (Å²) in [4.78, 5) is 19.0. The van der Waals surface area contributed by atoms with E-state index in [0.29, 0.717) is 43.0 Å². The van der Waals surface area contributed by atoms with Crippen LogP contribution in [0.5, 0.6) is 11.5 Å². The van der Waals surface area contributed by atoms with E-state index in [1.165, 1.54) is 12.1 Å². The number of carbonyl (C=O) groups excluding carboxylic acids is 1. The maximum Gasteiger partial charge on any atom is 0.306 e. The van der Waals surface area contributed by atoms with Crippen molar-refractivity contribution in [3.8, 4) is 11.5 Å². The molecule has 0 N–H and O–H groups in total. The summed E-state index contributed by atoms with van der Waals surface area (Å²) < 4.78 is 35.0. The van der Waals surface area contributed by atoms with E-state index in [4.69, 9.17) is 18.7 Å². The Hall–Kier alpha value is -3.46. The molecule has 1 aliphatic rings. The zero-order valence-corrected chi connectivity index (χ0v) is 20.7. The third kappa shape index (κ3) is 7.04. The molecule has 4 rings (SSSR count). The van der Waals surface area contributed by atoms with Gasteiger partial charge in [0.1, 0.15) is 17.3 Å². The van der Waals surface area contributed by atoms with Crippen LogP contribution in [0, 0.1) is 11.7 Å². The van der Waals surface area contributed by atoms with Crippen molar-refractivity contribution < 1.29 is 27.9 Å². The number of carbonyl (C=O) groups is 1. The molecule has 3 aromatic rings.